The molecule has 0 aromatic rings. The fraction of sp³-hybridized carbons (Fsp3) is 1.00. The van der Waals surface area contributed by atoms with Gasteiger partial charge < -0.3 is 1.43 Å². The van der Waals surface area contributed by atoms with E-state index >= 15 is 0 Å². The van der Waals surface area contributed by atoms with Crippen molar-refractivity contribution in [1.29, 1.82) is 0 Å². The molecule has 0 saturated carbocycles. The van der Waals surface area contributed by atoms with Gasteiger partial charge in [-0.2, -0.15) is 13.1 Å². The molecule has 0 aliphatic rings. The zero-order valence-electron chi connectivity index (χ0n) is 9.09. The average molecular weight is 205 g/mol. The van der Waals surface area contributed by atoms with Crippen LogP contribution in [0.15, 0.2) is 0 Å². The summed E-state index contributed by atoms with van der Waals surface area (Å²) in [5, 5.41) is 0. The third-order valence-electron chi connectivity index (χ3n) is 1.16. The summed E-state index contributed by atoms with van der Waals surface area (Å²) in [7, 11) is -4.00. The largest absolute Gasteiger partial charge is 1.00 e. The molecule has 12 heavy (non-hydrogen) atoms. The third kappa shape index (κ3) is 13.5. The molecule has 0 aromatic carbocycles. The SMILES string of the molecule is CC(C)(C)CCNS(=O)(=O)O.[H-].[Na+]. The Morgan fingerprint density at radius 3 is 2.08 bits per heavy atom. The van der Waals surface area contributed by atoms with Gasteiger partial charge in [0.1, 0.15) is 0 Å². The van der Waals surface area contributed by atoms with Crippen molar-refractivity contribution < 1.29 is 44.0 Å². The van der Waals surface area contributed by atoms with Crippen molar-refractivity contribution in [3.05, 3.63) is 0 Å². The first-order valence-electron chi connectivity index (χ1n) is 3.43. The second kappa shape index (κ2) is 5.57. The first-order chi connectivity index (χ1) is 4.71. The monoisotopic (exact) mass is 205 g/mol. The molecule has 2 N–H and O–H groups in total. The van der Waals surface area contributed by atoms with Gasteiger partial charge in [0.2, 0.25) is 0 Å². The summed E-state index contributed by atoms with van der Waals surface area (Å²) in [6, 6.07) is 0. The van der Waals surface area contributed by atoms with Crippen LogP contribution in [0.5, 0.6) is 0 Å². The summed E-state index contributed by atoms with van der Waals surface area (Å²) >= 11 is 0. The molecule has 0 aliphatic carbocycles. The molecule has 0 saturated heterocycles. The van der Waals surface area contributed by atoms with Gasteiger partial charge in [-0.3, -0.25) is 4.55 Å². The predicted octanol–water partition coefficient (Wildman–Crippen LogP) is -2.07. The van der Waals surface area contributed by atoms with Gasteiger partial charge in [-0.25, -0.2) is 0 Å². The molecule has 6 heteroatoms. The Bertz CT molecular complexity index is 212. The topological polar surface area (TPSA) is 66.4 Å². The van der Waals surface area contributed by atoms with Gasteiger partial charge in [0.25, 0.3) is 0 Å². The molecule has 0 radical (unpaired) electrons. The van der Waals surface area contributed by atoms with Gasteiger partial charge >= 0.3 is 39.9 Å². The zero-order valence-corrected chi connectivity index (χ0v) is 10.9. The first-order valence-corrected chi connectivity index (χ1v) is 4.87. The maximum atomic E-state index is 10.2. The summed E-state index contributed by atoms with van der Waals surface area (Å²) in [5.74, 6) is 0. The molecule has 0 fully saturated rings. The molecule has 0 rings (SSSR count). The fourth-order valence-electron chi connectivity index (χ4n) is 0.555. The van der Waals surface area contributed by atoms with Crippen LogP contribution in [-0.4, -0.2) is 19.5 Å². The van der Waals surface area contributed by atoms with Gasteiger partial charge in [0.05, 0.1) is 0 Å². The first kappa shape index (κ1) is 15.3. The predicted molar refractivity (Wildman–Crippen MR) is 44.7 cm³/mol. The molecule has 0 unspecified atom stereocenters. The van der Waals surface area contributed by atoms with Crippen LogP contribution < -0.4 is 34.3 Å². The number of hydrogen-bond donors (Lipinski definition) is 2. The minimum Gasteiger partial charge on any atom is -1.00 e. The van der Waals surface area contributed by atoms with E-state index in [0.29, 0.717) is 6.42 Å². The van der Waals surface area contributed by atoms with Crippen LogP contribution in [0.25, 0.3) is 0 Å². The Morgan fingerprint density at radius 2 is 1.83 bits per heavy atom. The quantitative estimate of drug-likeness (QED) is 0.411. The van der Waals surface area contributed by atoms with E-state index < -0.39 is 10.3 Å². The van der Waals surface area contributed by atoms with E-state index in [4.69, 9.17) is 4.55 Å². The van der Waals surface area contributed by atoms with E-state index in [1.807, 2.05) is 25.5 Å². The molecule has 4 nitrogen and oxygen atoms in total. The summed E-state index contributed by atoms with van der Waals surface area (Å²) in [6.07, 6.45) is 0.701. The second-order valence-electron chi connectivity index (χ2n) is 3.68. The van der Waals surface area contributed by atoms with Crippen molar-refractivity contribution in [3.8, 4) is 0 Å². The third-order valence-corrected chi connectivity index (χ3v) is 1.73. The summed E-state index contributed by atoms with van der Waals surface area (Å²) in [6.45, 7) is 6.28. The van der Waals surface area contributed by atoms with Gasteiger partial charge in [-0.1, -0.05) is 20.8 Å². The normalized spacial score (nSPS) is 12.3. The molecule has 0 atom stereocenters. The van der Waals surface area contributed by atoms with Crippen molar-refractivity contribution in [2.45, 2.75) is 27.2 Å². The molecule has 0 bridgehead atoms. The fourth-order valence-corrected chi connectivity index (χ4v) is 0.915. The summed E-state index contributed by atoms with van der Waals surface area (Å²) in [5.41, 5.74) is 0.0810. The van der Waals surface area contributed by atoms with Crippen LogP contribution in [0.4, 0.5) is 0 Å². The molecule has 0 aromatic heterocycles. The number of rotatable bonds is 3. The minimum absolute atomic E-state index is 0. The van der Waals surface area contributed by atoms with Crippen molar-refractivity contribution in [1.82, 2.24) is 4.72 Å². The smallest absolute Gasteiger partial charge is 1.00 e. The van der Waals surface area contributed by atoms with Crippen molar-refractivity contribution in [2.75, 3.05) is 6.54 Å². The van der Waals surface area contributed by atoms with Crippen LogP contribution in [0.2, 0.25) is 0 Å². The standard InChI is InChI=1S/C6H15NO3S.Na.H/c1-6(2,3)4-5-7-11(8,9)10;;/h7H,4-5H2,1-3H3,(H,8,9,10);;/q;+1;-1. The van der Waals surface area contributed by atoms with E-state index in [9.17, 15) is 8.42 Å². The Balaban J connectivity index is -0.000000500. The Labute approximate surface area is 97.8 Å². The van der Waals surface area contributed by atoms with Crippen LogP contribution in [0.1, 0.15) is 28.6 Å². The van der Waals surface area contributed by atoms with Gasteiger partial charge in [-0.05, 0) is 11.8 Å². The Hall–Kier alpha value is 0.870. The summed E-state index contributed by atoms with van der Waals surface area (Å²) in [4.78, 5) is 0. The molecule has 0 aliphatic heterocycles. The molecule has 0 amide bonds. The van der Waals surface area contributed by atoms with Crippen molar-refractivity contribution in [2.24, 2.45) is 5.41 Å². The molecule has 0 heterocycles. The Kier molecular flexibility index (Phi) is 7.12. The molecule has 0 spiro atoms. The van der Waals surface area contributed by atoms with Gasteiger partial charge in [-0.15, -0.1) is 0 Å². The van der Waals surface area contributed by atoms with Crippen LogP contribution in [0.3, 0.4) is 0 Å². The van der Waals surface area contributed by atoms with E-state index in [2.05, 4.69) is 0 Å². The maximum absolute atomic E-state index is 10.2. The van der Waals surface area contributed by atoms with E-state index in [-0.39, 0.29) is 42.9 Å². The minimum atomic E-state index is -4.00. The average Bonchev–Trinajstić information content (AvgIpc) is 1.55. The van der Waals surface area contributed by atoms with Crippen molar-refractivity contribution >= 4 is 10.3 Å². The molecular formula is C6H16NNaO3S. The van der Waals surface area contributed by atoms with Crippen LogP contribution in [0, 0.1) is 5.41 Å². The van der Waals surface area contributed by atoms with E-state index in [1.165, 1.54) is 0 Å². The van der Waals surface area contributed by atoms with Crippen LogP contribution >= 0.6 is 0 Å². The Morgan fingerprint density at radius 1 is 1.42 bits per heavy atom. The number of nitrogens with one attached hydrogen (secondary N) is 1. The van der Waals surface area contributed by atoms with E-state index in [0.717, 1.165) is 0 Å². The molecule has 70 valence electrons. The maximum Gasteiger partial charge on any atom is 1.00 e. The number of hydrogen-bond acceptors (Lipinski definition) is 2. The van der Waals surface area contributed by atoms with Gasteiger partial charge in [0.15, 0.2) is 0 Å². The van der Waals surface area contributed by atoms with Crippen molar-refractivity contribution in [3.63, 3.8) is 0 Å². The van der Waals surface area contributed by atoms with E-state index in [1.54, 1.807) is 0 Å². The molecular weight excluding hydrogens is 189 g/mol. The second-order valence-corrected chi connectivity index (χ2v) is 4.92. The van der Waals surface area contributed by atoms with Crippen LogP contribution in [-0.2, 0) is 10.3 Å². The van der Waals surface area contributed by atoms with Gasteiger partial charge in [0, 0.05) is 6.54 Å². The summed E-state index contributed by atoms with van der Waals surface area (Å²) < 4.78 is 30.6. The zero-order chi connectivity index (χ0) is 9.12.